The third-order valence-corrected chi connectivity index (χ3v) is 8.15. The first kappa shape index (κ1) is 23.5. The number of benzene rings is 3. The third-order valence-electron chi connectivity index (χ3n) is 8.15. The first-order valence-corrected chi connectivity index (χ1v) is 12.9. The highest BCUT2D eigenvalue weighted by molar-refractivity contribution is 5.94. The summed E-state index contributed by atoms with van der Waals surface area (Å²) in [5.41, 5.74) is 9.34. The molecule has 3 aliphatic rings. The summed E-state index contributed by atoms with van der Waals surface area (Å²) in [5, 5.41) is 0. The summed E-state index contributed by atoms with van der Waals surface area (Å²) < 4.78 is 20.2. The number of nitrogens with zero attached hydrogens (tertiary/aromatic N) is 3. The topological polar surface area (TPSA) is 71.2 Å². The molecule has 4 atom stereocenters. The number of guanidine groups is 1. The van der Waals surface area contributed by atoms with Gasteiger partial charge in [0.25, 0.3) is 0 Å². The highest BCUT2D eigenvalue weighted by atomic mass is 19.1. The summed E-state index contributed by atoms with van der Waals surface area (Å²) in [6.07, 6.45) is 3.22. The van der Waals surface area contributed by atoms with Gasteiger partial charge in [0.1, 0.15) is 18.0 Å². The summed E-state index contributed by atoms with van der Waals surface area (Å²) in [6, 6.07) is 24.4. The van der Waals surface area contributed by atoms with Crippen LogP contribution in [0.2, 0.25) is 0 Å². The molecule has 0 radical (unpaired) electrons. The standard InChI is InChI=1S/C30H31FN4O2/c1-30-24-16-13-22(31)18-26(24)35(29(36)37-19-21-10-6-3-7-11-21)27(30)25-17-15-23(34(25)28(32)33-30)14-12-20-8-4-2-5-9-20/h2-11,13,16,18,23,25,27H,12,14-15,17,19H2,1H3,(H2,32,33)/t23-,25+,27-,30-/m1/s1. The van der Waals surface area contributed by atoms with Crippen molar-refractivity contribution in [3.8, 4) is 0 Å². The smallest absolute Gasteiger partial charge is 0.415 e. The number of hydrogen-bond acceptors (Lipinski definition) is 5. The van der Waals surface area contributed by atoms with Gasteiger partial charge in [-0.05, 0) is 55.9 Å². The molecule has 2 N–H and O–H groups in total. The molecule has 190 valence electrons. The lowest BCUT2D eigenvalue weighted by atomic mass is 9.82. The highest BCUT2D eigenvalue weighted by Gasteiger charge is 2.60. The Morgan fingerprint density at radius 1 is 1.05 bits per heavy atom. The Labute approximate surface area is 216 Å². The summed E-state index contributed by atoms with van der Waals surface area (Å²) in [7, 11) is 0. The van der Waals surface area contributed by atoms with Gasteiger partial charge in [-0.15, -0.1) is 0 Å². The van der Waals surface area contributed by atoms with Crippen LogP contribution in [0.5, 0.6) is 0 Å². The molecule has 6 rings (SSSR count). The Morgan fingerprint density at radius 2 is 1.76 bits per heavy atom. The Kier molecular flexibility index (Phi) is 5.86. The SMILES string of the molecule is C[C@]12N=C(N)N3[C@H](CCc4ccccc4)CC[C@H]3[C@H]1N(C(=O)OCc1ccccc1)c1cc(F)ccc12. The lowest BCUT2D eigenvalue weighted by Crippen LogP contribution is -2.63. The number of rotatable bonds is 5. The van der Waals surface area contributed by atoms with Crippen molar-refractivity contribution in [1.82, 2.24) is 4.90 Å². The van der Waals surface area contributed by atoms with Crippen LogP contribution < -0.4 is 10.6 Å². The molecular weight excluding hydrogens is 467 g/mol. The maximum absolute atomic E-state index is 14.5. The largest absolute Gasteiger partial charge is 0.444 e. The number of anilines is 1. The average Bonchev–Trinajstić information content (AvgIpc) is 3.44. The molecule has 0 aromatic heterocycles. The summed E-state index contributed by atoms with van der Waals surface area (Å²) in [6.45, 7) is 2.14. The molecule has 1 amide bonds. The fraction of sp³-hybridized carbons (Fsp3) is 0.333. The van der Waals surface area contributed by atoms with Crippen LogP contribution in [0.3, 0.4) is 0 Å². The van der Waals surface area contributed by atoms with Crippen molar-refractivity contribution >= 4 is 17.7 Å². The Hall–Kier alpha value is -3.87. The number of fused-ring (bicyclic) bond motifs is 5. The Morgan fingerprint density at radius 3 is 2.49 bits per heavy atom. The van der Waals surface area contributed by atoms with E-state index in [1.165, 1.54) is 17.7 Å². The van der Waals surface area contributed by atoms with Gasteiger partial charge in [-0.3, -0.25) is 4.90 Å². The van der Waals surface area contributed by atoms with E-state index in [9.17, 15) is 9.18 Å². The maximum atomic E-state index is 14.5. The second-order valence-electron chi connectivity index (χ2n) is 10.4. The molecule has 0 unspecified atom stereocenters. The first-order valence-electron chi connectivity index (χ1n) is 12.9. The number of carbonyl (C=O) groups excluding carboxylic acids is 1. The molecule has 0 aliphatic carbocycles. The van der Waals surface area contributed by atoms with E-state index in [-0.39, 0.29) is 24.7 Å². The normalized spacial score (nSPS) is 25.8. The van der Waals surface area contributed by atoms with E-state index in [1.807, 2.05) is 43.3 Å². The number of carbonyl (C=O) groups is 1. The molecule has 37 heavy (non-hydrogen) atoms. The number of nitrogens with two attached hydrogens (primary N) is 1. The minimum Gasteiger partial charge on any atom is -0.444 e. The molecule has 1 saturated heterocycles. The summed E-state index contributed by atoms with van der Waals surface area (Å²) in [4.78, 5) is 22.5. The molecular formula is C30H31FN4O2. The van der Waals surface area contributed by atoms with Crippen molar-refractivity contribution < 1.29 is 13.9 Å². The van der Waals surface area contributed by atoms with Crippen LogP contribution in [0.4, 0.5) is 14.9 Å². The van der Waals surface area contributed by atoms with Crippen LogP contribution in [0, 0.1) is 5.82 Å². The van der Waals surface area contributed by atoms with E-state index in [2.05, 4.69) is 29.2 Å². The van der Waals surface area contributed by atoms with Gasteiger partial charge in [0, 0.05) is 11.6 Å². The molecule has 3 aromatic carbocycles. The van der Waals surface area contributed by atoms with Gasteiger partial charge in [-0.1, -0.05) is 66.7 Å². The average molecular weight is 499 g/mol. The van der Waals surface area contributed by atoms with Gasteiger partial charge in [0.15, 0.2) is 5.96 Å². The lowest BCUT2D eigenvalue weighted by Gasteiger charge is -2.46. The van der Waals surface area contributed by atoms with E-state index >= 15 is 0 Å². The fourth-order valence-electron chi connectivity index (χ4n) is 6.50. The van der Waals surface area contributed by atoms with E-state index in [0.29, 0.717) is 11.6 Å². The molecule has 0 saturated carbocycles. The molecule has 3 aliphatic heterocycles. The van der Waals surface area contributed by atoms with Gasteiger partial charge in [-0.25, -0.2) is 14.2 Å². The van der Waals surface area contributed by atoms with Gasteiger partial charge in [0.2, 0.25) is 0 Å². The molecule has 7 heteroatoms. The van der Waals surface area contributed by atoms with Crippen molar-refractivity contribution in [2.45, 2.75) is 62.9 Å². The fourth-order valence-corrected chi connectivity index (χ4v) is 6.50. The van der Waals surface area contributed by atoms with Crippen molar-refractivity contribution in [3.63, 3.8) is 0 Å². The lowest BCUT2D eigenvalue weighted by molar-refractivity contribution is 0.131. The molecule has 3 aromatic rings. The predicted octanol–water partition coefficient (Wildman–Crippen LogP) is 5.36. The van der Waals surface area contributed by atoms with Crippen molar-refractivity contribution in [1.29, 1.82) is 0 Å². The predicted molar refractivity (Wildman–Crippen MR) is 142 cm³/mol. The monoisotopic (exact) mass is 498 g/mol. The van der Waals surface area contributed by atoms with Gasteiger partial charge >= 0.3 is 6.09 Å². The van der Waals surface area contributed by atoms with Crippen molar-refractivity contribution in [2.24, 2.45) is 10.7 Å². The van der Waals surface area contributed by atoms with Gasteiger partial charge in [-0.2, -0.15) is 0 Å². The molecule has 0 spiro atoms. The third kappa shape index (κ3) is 4.02. The second kappa shape index (κ2) is 9.21. The first-order chi connectivity index (χ1) is 18.0. The number of hydrogen-bond donors (Lipinski definition) is 1. The molecule has 3 heterocycles. The molecule has 0 bridgehead atoms. The number of halogens is 1. The van der Waals surface area contributed by atoms with Crippen molar-refractivity contribution in [2.75, 3.05) is 4.90 Å². The van der Waals surface area contributed by atoms with Crippen LogP contribution in [0.25, 0.3) is 0 Å². The minimum atomic E-state index is -0.783. The summed E-state index contributed by atoms with van der Waals surface area (Å²) in [5.74, 6) is 0.0944. The maximum Gasteiger partial charge on any atom is 0.415 e. The Balaban J connectivity index is 1.32. The number of amides is 1. The highest BCUT2D eigenvalue weighted by Crippen LogP contribution is 2.53. The molecule has 1 fully saturated rings. The molecule has 6 nitrogen and oxygen atoms in total. The van der Waals surface area contributed by atoms with E-state index in [1.54, 1.807) is 11.0 Å². The minimum absolute atomic E-state index is 0.0389. The van der Waals surface area contributed by atoms with E-state index in [0.717, 1.165) is 36.8 Å². The van der Waals surface area contributed by atoms with E-state index in [4.69, 9.17) is 15.5 Å². The zero-order chi connectivity index (χ0) is 25.6. The summed E-state index contributed by atoms with van der Waals surface area (Å²) >= 11 is 0. The quantitative estimate of drug-likeness (QED) is 0.514. The number of aryl methyl sites for hydroxylation is 1. The zero-order valence-electron chi connectivity index (χ0n) is 20.9. The van der Waals surface area contributed by atoms with Gasteiger partial charge in [0.05, 0.1) is 17.8 Å². The second-order valence-corrected chi connectivity index (χ2v) is 10.4. The Bertz CT molecular complexity index is 1330. The van der Waals surface area contributed by atoms with Crippen LogP contribution >= 0.6 is 0 Å². The van der Waals surface area contributed by atoms with Crippen LogP contribution in [-0.4, -0.2) is 35.1 Å². The van der Waals surface area contributed by atoms with E-state index < -0.39 is 17.4 Å². The van der Waals surface area contributed by atoms with Crippen molar-refractivity contribution in [3.05, 3.63) is 101 Å². The number of aliphatic imine (C=N–C) groups is 1. The van der Waals surface area contributed by atoms with Crippen LogP contribution in [0.1, 0.15) is 42.9 Å². The van der Waals surface area contributed by atoms with Crippen LogP contribution in [0.15, 0.2) is 83.9 Å². The van der Waals surface area contributed by atoms with Gasteiger partial charge < -0.3 is 15.4 Å². The number of ether oxygens (including phenoxy) is 1. The zero-order valence-corrected chi connectivity index (χ0v) is 20.9. The van der Waals surface area contributed by atoms with Crippen LogP contribution in [-0.2, 0) is 23.3 Å².